The smallest absolute Gasteiger partial charge is 0.338 e. The molecule has 0 aromatic carbocycles. The maximum atomic E-state index is 13.2. The van der Waals surface area contributed by atoms with E-state index in [-0.39, 0.29) is 53.3 Å². The number of fused-ring (bicyclic) bond motifs is 7. The normalized spacial score (nSPS) is 61.1. The maximum absolute atomic E-state index is 13.2. The van der Waals surface area contributed by atoms with Gasteiger partial charge in [0.25, 0.3) is 0 Å². The van der Waals surface area contributed by atoms with Crippen molar-refractivity contribution in [1.82, 2.24) is 0 Å². The number of aliphatic hydroxyl groups is 4. The first-order valence-corrected chi connectivity index (χ1v) is 13.4. The summed E-state index contributed by atoms with van der Waals surface area (Å²) in [5, 5.41) is 45.2. The Morgan fingerprint density at radius 1 is 0.971 bits per heavy atom. The molecule has 13 atom stereocenters. The van der Waals surface area contributed by atoms with E-state index in [9.17, 15) is 30.0 Å². The van der Waals surface area contributed by atoms with Crippen LogP contribution in [-0.4, -0.2) is 61.7 Å². The molecule has 6 rings (SSSR count). The van der Waals surface area contributed by atoms with Gasteiger partial charge in [0.05, 0.1) is 17.6 Å². The van der Waals surface area contributed by atoms with Gasteiger partial charge in [0.2, 0.25) is 0 Å². The van der Waals surface area contributed by atoms with Gasteiger partial charge in [-0.25, -0.2) is 4.79 Å². The Bertz CT molecular complexity index is 1010. The largest absolute Gasteiger partial charge is 0.460 e. The number of allylic oxidation sites excluding steroid dienone is 1. The van der Waals surface area contributed by atoms with Gasteiger partial charge in [-0.3, -0.25) is 4.79 Å². The molecule has 35 heavy (non-hydrogen) atoms. The molecule has 194 valence electrons. The molecule has 4 saturated carbocycles. The van der Waals surface area contributed by atoms with Gasteiger partial charge in [0.15, 0.2) is 11.4 Å². The average molecular weight is 489 g/mol. The van der Waals surface area contributed by atoms with Crippen LogP contribution in [0, 0.1) is 45.8 Å². The zero-order valence-corrected chi connectivity index (χ0v) is 21.2. The third-order valence-electron chi connectivity index (χ3n) is 12.6. The van der Waals surface area contributed by atoms with E-state index in [2.05, 4.69) is 6.92 Å². The summed E-state index contributed by atoms with van der Waals surface area (Å²) >= 11 is 0. The summed E-state index contributed by atoms with van der Waals surface area (Å²) in [6.45, 7) is 7.58. The molecule has 0 amide bonds. The molecule has 4 N–H and O–H groups in total. The van der Waals surface area contributed by atoms with Crippen molar-refractivity contribution in [2.75, 3.05) is 0 Å². The molecule has 6 aliphatic rings. The van der Waals surface area contributed by atoms with Crippen molar-refractivity contribution in [1.29, 1.82) is 0 Å². The second-order valence-corrected chi connectivity index (χ2v) is 13.7. The highest BCUT2D eigenvalue weighted by molar-refractivity contribution is 5.97. The number of rotatable bonds is 1. The second kappa shape index (κ2) is 6.97. The molecule has 5 fully saturated rings. The minimum absolute atomic E-state index is 0.0196. The number of hydrogen-bond donors (Lipinski definition) is 4. The number of ether oxygens (including phenoxy) is 1. The van der Waals surface area contributed by atoms with Gasteiger partial charge in [-0.1, -0.05) is 19.9 Å². The lowest BCUT2D eigenvalue weighted by Crippen LogP contribution is -2.69. The quantitative estimate of drug-likeness (QED) is 0.417. The van der Waals surface area contributed by atoms with Crippen molar-refractivity contribution < 1.29 is 34.8 Å². The summed E-state index contributed by atoms with van der Waals surface area (Å²) in [6.07, 6.45) is 5.43. The van der Waals surface area contributed by atoms with E-state index in [1.165, 1.54) is 0 Å². The first-order valence-electron chi connectivity index (χ1n) is 13.4. The van der Waals surface area contributed by atoms with Crippen molar-refractivity contribution in [3.8, 4) is 0 Å². The highest BCUT2D eigenvalue weighted by Gasteiger charge is 2.72. The minimum atomic E-state index is -1.54. The van der Waals surface area contributed by atoms with Crippen LogP contribution in [0.4, 0.5) is 0 Å². The fourth-order valence-corrected chi connectivity index (χ4v) is 10.3. The van der Waals surface area contributed by atoms with Crippen LogP contribution in [0.1, 0.15) is 72.6 Å². The summed E-state index contributed by atoms with van der Waals surface area (Å²) < 4.78 is 5.77. The van der Waals surface area contributed by atoms with Gasteiger partial charge in [0.1, 0.15) is 11.7 Å². The summed E-state index contributed by atoms with van der Waals surface area (Å²) in [7, 11) is 0. The number of carbonyl (C=O) groups is 2. The van der Waals surface area contributed by atoms with Crippen molar-refractivity contribution in [3.63, 3.8) is 0 Å². The molecule has 7 heteroatoms. The lowest BCUT2D eigenvalue weighted by Gasteiger charge is -2.63. The number of aliphatic hydroxyl groups excluding tert-OH is 2. The monoisotopic (exact) mass is 488 g/mol. The van der Waals surface area contributed by atoms with Crippen LogP contribution < -0.4 is 0 Å². The fraction of sp³-hybridized carbons (Fsp3) is 0.857. The predicted octanol–water partition coefficient (Wildman–Crippen LogP) is 2.14. The third kappa shape index (κ3) is 2.66. The molecule has 0 radical (unpaired) electrons. The van der Waals surface area contributed by atoms with E-state index in [0.717, 1.165) is 12.8 Å². The highest BCUT2D eigenvalue weighted by Crippen LogP contribution is 2.70. The molecule has 0 unspecified atom stereocenters. The van der Waals surface area contributed by atoms with Crippen LogP contribution in [0.3, 0.4) is 0 Å². The maximum Gasteiger partial charge on any atom is 0.338 e. The van der Waals surface area contributed by atoms with Crippen molar-refractivity contribution in [3.05, 3.63) is 12.2 Å². The number of esters is 1. The summed E-state index contributed by atoms with van der Waals surface area (Å²) in [4.78, 5) is 25.9. The molecule has 1 heterocycles. The molecule has 0 aromatic rings. The van der Waals surface area contributed by atoms with Gasteiger partial charge in [-0.15, -0.1) is 0 Å². The molecule has 0 aromatic heterocycles. The van der Waals surface area contributed by atoms with E-state index < -0.39 is 40.2 Å². The Labute approximate surface area is 206 Å². The number of hydrogen-bond acceptors (Lipinski definition) is 7. The Kier molecular flexibility index (Phi) is 4.80. The minimum Gasteiger partial charge on any atom is -0.460 e. The Hall–Kier alpha value is -1.28. The van der Waals surface area contributed by atoms with Gasteiger partial charge >= 0.3 is 5.97 Å². The van der Waals surface area contributed by atoms with Crippen LogP contribution in [0.2, 0.25) is 0 Å². The summed E-state index contributed by atoms with van der Waals surface area (Å²) in [5.41, 5.74) is -4.87. The van der Waals surface area contributed by atoms with Gasteiger partial charge in [-0.2, -0.15) is 0 Å². The molecule has 1 aliphatic heterocycles. The predicted molar refractivity (Wildman–Crippen MR) is 126 cm³/mol. The van der Waals surface area contributed by atoms with Crippen molar-refractivity contribution in [2.24, 2.45) is 45.8 Å². The standard InChI is InChI=1S/C28H40O7/c1-24-12-15(19(13-24)35-23(32)27(24,4)33)22-18(29)11-17-14-10-21(31)28(34)8-5-6-20(30)26(28,3)16(14)7-9-25(17,22)2/h5-6,14-19,21-22,29,31,33-34H,7-13H2,1-4H3/t14-,15-,16+,17+,18-,19-,21-,22+,24-,25+,26+,27+,28+/m1/s1. The van der Waals surface area contributed by atoms with Gasteiger partial charge in [-0.05, 0) is 94.0 Å². The van der Waals surface area contributed by atoms with Gasteiger partial charge in [0, 0.05) is 11.3 Å². The highest BCUT2D eigenvalue weighted by atomic mass is 16.6. The SMILES string of the molecule is C[C@]12CC[C@H]3[C@@H](C[C@@H](O)[C@@]4(O)CC=CC(=O)[C@]34C)[C@@H]1C[C@@H](O)[C@@H]2[C@@H]1C[C@]2(C)C[C@H]1OC(=O)[C@]2(C)O. The van der Waals surface area contributed by atoms with Crippen LogP contribution in [-0.2, 0) is 14.3 Å². The lowest BCUT2D eigenvalue weighted by molar-refractivity contribution is -0.232. The molecule has 0 spiro atoms. The second-order valence-electron chi connectivity index (χ2n) is 13.7. The van der Waals surface area contributed by atoms with Crippen LogP contribution in [0.25, 0.3) is 0 Å². The van der Waals surface area contributed by atoms with Crippen LogP contribution in [0.5, 0.6) is 0 Å². The first-order chi connectivity index (χ1) is 16.2. The number of carbonyl (C=O) groups excluding carboxylic acids is 2. The molecule has 1 saturated heterocycles. The number of ketones is 1. The average Bonchev–Trinajstić information content (AvgIpc) is 3.22. The topological polar surface area (TPSA) is 124 Å². The van der Waals surface area contributed by atoms with E-state index in [1.807, 2.05) is 13.8 Å². The Balaban J connectivity index is 1.35. The zero-order chi connectivity index (χ0) is 25.3. The lowest BCUT2D eigenvalue weighted by atomic mass is 9.43. The molecular formula is C28H40O7. The van der Waals surface area contributed by atoms with Crippen molar-refractivity contribution >= 4 is 11.8 Å². The van der Waals surface area contributed by atoms with E-state index in [1.54, 1.807) is 19.1 Å². The van der Waals surface area contributed by atoms with E-state index in [4.69, 9.17) is 4.74 Å². The van der Waals surface area contributed by atoms with Crippen molar-refractivity contribution in [2.45, 2.75) is 102 Å². The summed E-state index contributed by atoms with van der Waals surface area (Å²) in [6, 6.07) is 0. The molecule has 5 aliphatic carbocycles. The Morgan fingerprint density at radius 3 is 2.40 bits per heavy atom. The first kappa shape index (κ1) is 24.1. The summed E-state index contributed by atoms with van der Waals surface area (Å²) in [5.74, 6) is -0.745. The Morgan fingerprint density at radius 2 is 1.69 bits per heavy atom. The molecule has 7 nitrogen and oxygen atoms in total. The van der Waals surface area contributed by atoms with Crippen LogP contribution >= 0.6 is 0 Å². The third-order valence-corrected chi connectivity index (χ3v) is 12.6. The fourth-order valence-electron chi connectivity index (χ4n) is 10.3. The zero-order valence-electron chi connectivity index (χ0n) is 21.2. The van der Waals surface area contributed by atoms with Gasteiger partial charge < -0.3 is 25.2 Å². The van der Waals surface area contributed by atoms with Crippen LogP contribution in [0.15, 0.2) is 12.2 Å². The molecule has 2 bridgehead atoms. The van der Waals surface area contributed by atoms with E-state index in [0.29, 0.717) is 25.7 Å². The van der Waals surface area contributed by atoms with E-state index >= 15 is 0 Å². The molecular weight excluding hydrogens is 448 g/mol.